The molecule has 0 unspecified atom stereocenters. The van der Waals surface area contributed by atoms with Crippen LogP contribution in [0.3, 0.4) is 0 Å². The SMILES string of the molecule is Cc1cc(C(=O)Nc2ccc3c(c2)OCO3)nc(Nc2ccc(F)c(F)c2)n1. The Morgan fingerprint density at radius 2 is 1.75 bits per heavy atom. The first-order valence-electron chi connectivity index (χ1n) is 8.27. The van der Waals surface area contributed by atoms with E-state index in [1.165, 1.54) is 12.1 Å². The third-order valence-corrected chi connectivity index (χ3v) is 3.89. The Hall–Kier alpha value is -3.75. The van der Waals surface area contributed by atoms with Crippen LogP contribution in [-0.2, 0) is 0 Å². The molecular weight excluding hydrogens is 370 g/mol. The number of fused-ring (bicyclic) bond motifs is 1. The number of carbonyl (C=O) groups excluding carboxylic acids is 1. The van der Waals surface area contributed by atoms with Crippen molar-refractivity contribution in [2.75, 3.05) is 17.4 Å². The lowest BCUT2D eigenvalue weighted by Gasteiger charge is -2.09. The Labute approximate surface area is 158 Å². The maximum atomic E-state index is 13.4. The fraction of sp³-hybridized carbons (Fsp3) is 0.105. The maximum Gasteiger partial charge on any atom is 0.274 e. The highest BCUT2D eigenvalue weighted by Gasteiger charge is 2.16. The van der Waals surface area contributed by atoms with E-state index in [9.17, 15) is 13.6 Å². The summed E-state index contributed by atoms with van der Waals surface area (Å²) in [6, 6.07) is 9.84. The summed E-state index contributed by atoms with van der Waals surface area (Å²) in [5.74, 6) is -1.19. The first-order chi connectivity index (χ1) is 13.5. The van der Waals surface area contributed by atoms with E-state index in [4.69, 9.17) is 9.47 Å². The van der Waals surface area contributed by atoms with Crippen molar-refractivity contribution in [3.8, 4) is 11.5 Å². The van der Waals surface area contributed by atoms with Gasteiger partial charge in [0.25, 0.3) is 5.91 Å². The molecule has 1 aromatic heterocycles. The molecule has 0 bridgehead atoms. The zero-order chi connectivity index (χ0) is 19.7. The molecule has 0 spiro atoms. The third kappa shape index (κ3) is 3.68. The van der Waals surface area contributed by atoms with Crippen molar-refractivity contribution < 1.29 is 23.0 Å². The normalized spacial score (nSPS) is 12.0. The van der Waals surface area contributed by atoms with Gasteiger partial charge in [0, 0.05) is 29.2 Å². The lowest BCUT2D eigenvalue weighted by Crippen LogP contribution is -2.15. The van der Waals surface area contributed by atoms with Crippen LogP contribution in [0, 0.1) is 18.6 Å². The van der Waals surface area contributed by atoms with Crippen LogP contribution in [0.4, 0.5) is 26.1 Å². The second-order valence-electron chi connectivity index (χ2n) is 5.99. The van der Waals surface area contributed by atoms with E-state index in [0.717, 1.165) is 12.1 Å². The van der Waals surface area contributed by atoms with Crippen molar-refractivity contribution in [1.82, 2.24) is 9.97 Å². The molecule has 0 aliphatic carbocycles. The van der Waals surface area contributed by atoms with E-state index in [2.05, 4.69) is 20.6 Å². The summed E-state index contributed by atoms with van der Waals surface area (Å²) >= 11 is 0. The van der Waals surface area contributed by atoms with Gasteiger partial charge in [-0.05, 0) is 37.3 Å². The maximum absolute atomic E-state index is 13.4. The topological polar surface area (TPSA) is 85.4 Å². The fourth-order valence-electron chi connectivity index (χ4n) is 2.61. The molecule has 0 radical (unpaired) electrons. The predicted octanol–water partition coefficient (Wildman–Crippen LogP) is 3.79. The van der Waals surface area contributed by atoms with Crippen LogP contribution < -0.4 is 20.1 Å². The average Bonchev–Trinajstić information content (AvgIpc) is 3.12. The van der Waals surface area contributed by atoms with E-state index >= 15 is 0 Å². The van der Waals surface area contributed by atoms with Crippen molar-refractivity contribution in [2.24, 2.45) is 0 Å². The van der Waals surface area contributed by atoms with Gasteiger partial charge in [0.15, 0.2) is 23.1 Å². The van der Waals surface area contributed by atoms with Gasteiger partial charge in [0.1, 0.15) is 5.69 Å². The van der Waals surface area contributed by atoms with Gasteiger partial charge in [-0.2, -0.15) is 0 Å². The Kier molecular flexibility index (Phi) is 4.48. The van der Waals surface area contributed by atoms with Crippen LogP contribution in [0.15, 0.2) is 42.5 Å². The number of hydrogen-bond acceptors (Lipinski definition) is 6. The summed E-state index contributed by atoms with van der Waals surface area (Å²) in [6.07, 6.45) is 0. The van der Waals surface area contributed by atoms with Gasteiger partial charge in [0.05, 0.1) is 0 Å². The van der Waals surface area contributed by atoms with Crippen LogP contribution in [0.1, 0.15) is 16.2 Å². The van der Waals surface area contributed by atoms with Crippen LogP contribution in [0.25, 0.3) is 0 Å². The van der Waals surface area contributed by atoms with Gasteiger partial charge in [0.2, 0.25) is 12.7 Å². The van der Waals surface area contributed by atoms with E-state index < -0.39 is 17.5 Å². The largest absolute Gasteiger partial charge is 0.454 e. The third-order valence-electron chi connectivity index (χ3n) is 3.89. The molecule has 0 atom stereocenters. The minimum absolute atomic E-state index is 0.0850. The molecular formula is C19H14F2N4O3. The fourth-order valence-corrected chi connectivity index (χ4v) is 2.61. The first-order valence-corrected chi connectivity index (χ1v) is 8.27. The number of hydrogen-bond donors (Lipinski definition) is 2. The summed E-state index contributed by atoms with van der Waals surface area (Å²) in [5.41, 5.74) is 1.40. The minimum Gasteiger partial charge on any atom is -0.454 e. The average molecular weight is 384 g/mol. The molecule has 28 heavy (non-hydrogen) atoms. The highest BCUT2D eigenvalue weighted by Crippen LogP contribution is 2.34. The number of halogens is 2. The van der Waals surface area contributed by atoms with E-state index in [-0.39, 0.29) is 24.1 Å². The van der Waals surface area contributed by atoms with Crippen LogP contribution in [0.5, 0.6) is 11.5 Å². The zero-order valence-corrected chi connectivity index (χ0v) is 14.6. The quantitative estimate of drug-likeness (QED) is 0.712. The van der Waals surface area contributed by atoms with E-state index in [1.807, 2.05) is 0 Å². The van der Waals surface area contributed by atoms with Gasteiger partial charge in [-0.3, -0.25) is 4.79 Å². The summed E-state index contributed by atoms with van der Waals surface area (Å²) in [7, 11) is 0. The van der Waals surface area contributed by atoms with Gasteiger partial charge in [-0.1, -0.05) is 0 Å². The number of ether oxygens (including phenoxy) is 2. The van der Waals surface area contributed by atoms with Gasteiger partial charge in [-0.15, -0.1) is 0 Å². The molecule has 2 heterocycles. The van der Waals surface area contributed by atoms with Crippen molar-refractivity contribution in [3.63, 3.8) is 0 Å². The van der Waals surface area contributed by atoms with Crippen molar-refractivity contribution in [3.05, 3.63) is 65.5 Å². The lowest BCUT2D eigenvalue weighted by atomic mass is 10.2. The van der Waals surface area contributed by atoms with Gasteiger partial charge in [-0.25, -0.2) is 18.7 Å². The number of nitrogens with one attached hydrogen (secondary N) is 2. The first kappa shape index (κ1) is 17.7. The molecule has 4 rings (SSSR count). The highest BCUT2D eigenvalue weighted by molar-refractivity contribution is 6.03. The number of anilines is 3. The molecule has 3 aromatic rings. The number of rotatable bonds is 4. The number of amides is 1. The number of nitrogens with zero attached hydrogens (tertiary/aromatic N) is 2. The molecule has 0 saturated carbocycles. The number of benzene rings is 2. The summed E-state index contributed by atoms with van der Waals surface area (Å²) in [4.78, 5) is 20.9. The van der Waals surface area contributed by atoms with Crippen LogP contribution in [0.2, 0.25) is 0 Å². The predicted molar refractivity (Wildman–Crippen MR) is 96.9 cm³/mol. The van der Waals surface area contributed by atoms with Crippen molar-refractivity contribution in [1.29, 1.82) is 0 Å². The van der Waals surface area contributed by atoms with Crippen LogP contribution >= 0.6 is 0 Å². The van der Waals surface area contributed by atoms with Crippen LogP contribution in [-0.4, -0.2) is 22.7 Å². The standard InChI is InChI=1S/C19H14F2N4O3/c1-10-6-15(18(26)23-12-3-5-16-17(8-12)28-9-27-16)25-19(22-10)24-11-2-4-13(20)14(21)7-11/h2-8H,9H2,1H3,(H,23,26)(H,22,24,25). The second kappa shape index (κ2) is 7.10. The molecule has 9 heteroatoms. The van der Waals surface area contributed by atoms with Crippen molar-refractivity contribution in [2.45, 2.75) is 6.92 Å². The highest BCUT2D eigenvalue weighted by atomic mass is 19.2. The Morgan fingerprint density at radius 3 is 2.57 bits per heavy atom. The smallest absolute Gasteiger partial charge is 0.274 e. The molecule has 0 saturated heterocycles. The molecule has 142 valence electrons. The minimum atomic E-state index is -1.00. The van der Waals surface area contributed by atoms with Gasteiger partial charge < -0.3 is 20.1 Å². The van der Waals surface area contributed by atoms with Crippen molar-refractivity contribution >= 4 is 23.2 Å². The molecule has 7 nitrogen and oxygen atoms in total. The summed E-state index contributed by atoms with van der Waals surface area (Å²) in [5, 5.41) is 5.48. The zero-order valence-electron chi connectivity index (χ0n) is 14.6. The number of aryl methyl sites for hydroxylation is 1. The molecule has 1 amide bonds. The summed E-state index contributed by atoms with van der Waals surface area (Å²) in [6.45, 7) is 1.83. The molecule has 2 aromatic carbocycles. The molecule has 2 N–H and O–H groups in total. The number of carbonyl (C=O) groups is 1. The molecule has 1 aliphatic heterocycles. The van der Waals surface area contributed by atoms with E-state index in [0.29, 0.717) is 22.9 Å². The Balaban J connectivity index is 1.54. The van der Waals surface area contributed by atoms with E-state index in [1.54, 1.807) is 25.1 Å². The number of aromatic nitrogens is 2. The molecule has 1 aliphatic rings. The summed E-state index contributed by atoms with van der Waals surface area (Å²) < 4.78 is 36.9. The second-order valence-corrected chi connectivity index (χ2v) is 5.99. The monoisotopic (exact) mass is 384 g/mol. The Bertz CT molecular complexity index is 1080. The lowest BCUT2D eigenvalue weighted by molar-refractivity contribution is 0.102. The molecule has 0 fully saturated rings. The Morgan fingerprint density at radius 1 is 0.964 bits per heavy atom. The van der Waals surface area contributed by atoms with Gasteiger partial charge >= 0.3 is 0 Å².